The Morgan fingerprint density at radius 2 is 1.23 bits per heavy atom. The van der Waals surface area contributed by atoms with E-state index >= 15 is 0 Å². The molecule has 3 heterocycles. The first-order valence-corrected chi connectivity index (χ1v) is 19.5. The third kappa shape index (κ3) is 7.20. The molecular weight excluding hydrogens is 750 g/mol. The van der Waals surface area contributed by atoms with Crippen LogP contribution in [0.15, 0.2) is 12.1 Å². The molecule has 14 atom stereocenters. The summed E-state index contributed by atoms with van der Waals surface area (Å²) in [5.74, 6) is -5.09. The molecule has 57 heavy (non-hydrogen) atoms. The van der Waals surface area contributed by atoms with Gasteiger partial charge in [0.25, 0.3) is 0 Å². The third-order valence-electron chi connectivity index (χ3n) is 12.3. The van der Waals surface area contributed by atoms with Crippen LogP contribution in [0.3, 0.4) is 0 Å². The molecule has 3 fully saturated rings. The number of aliphatic hydroxyl groups is 4. The summed E-state index contributed by atoms with van der Waals surface area (Å²) in [7, 11) is 3.67. The van der Waals surface area contributed by atoms with Crippen molar-refractivity contribution in [3.63, 3.8) is 0 Å². The summed E-state index contributed by atoms with van der Waals surface area (Å²) in [5, 5.41) is 89.0. The Balaban J connectivity index is 1.13. The van der Waals surface area contributed by atoms with E-state index in [0.717, 1.165) is 12.1 Å². The number of nitrogens with zero attached hydrogens (tertiary/aromatic N) is 1. The van der Waals surface area contributed by atoms with E-state index in [1.165, 1.54) is 0 Å². The van der Waals surface area contributed by atoms with Crippen molar-refractivity contribution in [1.82, 2.24) is 4.90 Å². The number of benzene rings is 2. The SMILES string of the molecule is CC[C@@]1(O)C[C@H](O)c2c(O)c3c(c(O)c2[C@H]1OC1CC(N(C)C)C(OC2CC(O)C(OC4CCC(O)C(C)O4)C(C)O2)C(C)O1)C(=O)c1c(O)ccc(O)c1C3=O. The number of carbonyl (C=O) groups is 2. The maximum absolute atomic E-state index is 13.9. The molecule has 0 amide bonds. The van der Waals surface area contributed by atoms with Gasteiger partial charge in [0, 0.05) is 42.9 Å². The summed E-state index contributed by atoms with van der Waals surface area (Å²) in [6.45, 7) is 6.93. The Labute approximate surface area is 329 Å². The second-order valence-corrected chi connectivity index (χ2v) is 16.2. The summed E-state index contributed by atoms with van der Waals surface area (Å²) in [4.78, 5) is 29.5. The van der Waals surface area contributed by atoms with Crippen LogP contribution in [0.5, 0.6) is 23.0 Å². The number of phenols is 4. The first-order valence-electron chi connectivity index (χ1n) is 19.5. The minimum Gasteiger partial charge on any atom is -0.507 e. The maximum atomic E-state index is 13.9. The molecule has 0 saturated carbocycles. The normalized spacial score (nSPS) is 38.1. The van der Waals surface area contributed by atoms with Gasteiger partial charge in [-0.3, -0.25) is 9.59 Å². The highest BCUT2D eigenvalue weighted by molar-refractivity contribution is 6.32. The topological polar surface area (TPSA) is 255 Å². The monoisotopic (exact) mass is 803 g/mol. The number of likely N-dealkylation sites (N-methyl/N-ethyl adjacent to an activating group) is 1. The molecule has 314 valence electrons. The van der Waals surface area contributed by atoms with Gasteiger partial charge in [0.05, 0.1) is 64.5 Å². The van der Waals surface area contributed by atoms with E-state index in [1.54, 1.807) is 27.7 Å². The van der Waals surface area contributed by atoms with Gasteiger partial charge in [0.2, 0.25) is 11.6 Å². The van der Waals surface area contributed by atoms with Crippen LogP contribution < -0.4 is 0 Å². The van der Waals surface area contributed by atoms with Crippen LogP contribution >= 0.6 is 0 Å². The molecular formula is C40H53NO16. The van der Waals surface area contributed by atoms with Crippen LogP contribution in [0.2, 0.25) is 0 Å². The van der Waals surface area contributed by atoms with Crippen molar-refractivity contribution in [2.45, 2.75) is 152 Å². The molecule has 5 aliphatic rings. The fourth-order valence-electron chi connectivity index (χ4n) is 9.09. The summed E-state index contributed by atoms with van der Waals surface area (Å²) in [6, 6.07) is 1.63. The summed E-state index contributed by atoms with van der Waals surface area (Å²) < 4.78 is 37.4. The lowest BCUT2D eigenvalue weighted by Gasteiger charge is -2.49. The molecule has 17 heteroatoms. The van der Waals surface area contributed by atoms with E-state index in [9.17, 15) is 50.4 Å². The number of hydrogen-bond acceptors (Lipinski definition) is 17. The Hall–Kier alpha value is -3.46. The molecule has 2 aromatic carbocycles. The standard InChI is InChI=1S/C40H53NO16/c1-7-40(51)14-23(46)29-32(36(50)31-30(35(29)49)33(47)27-20(43)8-9-21(44)28(27)34(31)48)39(40)57-25-12-18(41(5)6)37(16(3)53-25)56-26-13-22(45)38(17(4)54-26)55-24-11-10-19(42)15(2)52-24/h8-9,15-19,22-26,37-39,42-46,49-51H,7,10-14H2,1-6H3/t15?,16?,17?,18?,19?,22?,23-,24?,25?,26?,37?,38?,39+,40+/m0/s1. The van der Waals surface area contributed by atoms with Gasteiger partial charge in [-0.1, -0.05) is 6.92 Å². The van der Waals surface area contributed by atoms with Crippen molar-refractivity contribution in [3.05, 3.63) is 45.5 Å². The van der Waals surface area contributed by atoms with Gasteiger partial charge in [-0.25, -0.2) is 0 Å². The van der Waals surface area contributed by atoms with Gasteiger partial charge < -0.3 is 74.2 Å². The number of rotatable bonds is 8. The first-order chi connectivity index (χ1) is 26.9. The largest absolute Gasteiger partial charge is 0.507 e. The fraction of sp³-hybridized carbons (Fsp3) is 0.650. The van der Waals surface area contributed by atoms with Gasteiger partial charge in [-0.05, 0) is 59.8 Å². The molecule has 0 aromatic heterocycles. The van der Waals surface area contributed by atoms with Crippen molar-refractivity contribution in [2.75, 3.05) is 14.1 Å². The van der Waals surface area contributed by atoms with Gasteiger partial charge in [0.1, 0.15) is 41.3 Å². The van der Waals surface area contributed by atoms with E-state index in [4.69, 9.17) is 28.4 Å². The van der Waals surface area contributed by atoms with Gasteiger partial charge in [0.15, 0.2) is 18.9 Å². The second kappa shape index (κ2) is 15.6. The number of hydrogen-bond donors (Lipinski definition) is 8. The lowest BCUT2D eigenvalue weighted by Crippen LogP contribution is -2.58. The molecule has 11 unspecified atom stereocenters. The number of fused-ring (bicyclic) bond motifs is 3. The van der Waals surface area contributed by atoms with Crippen molar-refractivity contribution in [3.8, 4) is 23.0 Å². The number of aromatic hydroxyl groups is 4. The average molecular weight is 804 g/mol. The quantitative estimate of drug-likeness (QED) is 0.152. The zero-order chi connectivity index (χ0) is 41.4. The molecule has 0 radical (unpaired) electrons. The molecule has 7 rings (SSSR count). The molecule has 3 aliphatic heterocycles. The third-order valence-corrected chi connectivity index (χ3v) is 12.3. The molecule has 2 aliphatic carbocycles. The van der Waals surface area contributed by atoms with Crippen molar-refractivity contribution in [1.29, 1.82) is 0 Å². The summed E-state index contributed by atoms with van der Waals surface area (Å²) in [5.41, 5.74) is -5.03. The van der Waals surface area contributed by atoms with E-state index in [-0.39, 0.29) is 36.8 Å². The van der Waals surface area contributed by atoms with E-state index in [0.29, 0.717) is 12.8 Å². The van der Waals surface area contributed by atoms with Crippen LogP contribution in [-0.2, 0) is 28.4 Å². The summed E-state index contributed by atoms with van der Waals surface area (Å²) >= 11 is 0. The number of phenolic OH excluding ortho intramolecular Hbond substituents is 4. The second-order valence-electron chi connectivity index (χ2n) is 16.2. The molecule has 3 saturated heterocycles. The fourth-order valence-corrected chi connectivity index (χ4v) is 9.09. The zero-order valence-corrected chi connectivity index (χ0v) is 32.7. The van der Waals surface area contributed by atoms with Crippen LogP contribution in [0, 0.1) is 0 Å². The first kappa shape index (κ1) is 41.7. The van der Waals surface area contributed by atoms with Crippen LogP contribution in [0.4, 0.5) is 0 Å². The number of ether oxygens (including phenoxy) is 6. The van der Waals surface area contributed by atoms with Gasteiger partial charge in [-0.2, -0.15) is 0 Å². The van der Waals surface area contributed by atoms with Crippen molar-refractivity contribution < 1.29 is 78.9 Å². The van der Waals surface area contributed by atoms with Crippen LogP contribution in [-0.4, -0.2) is 145 Å². The Morgan fingerprint density at radius 3 is 1.77 bits per heavy atom. The van der Waals surface area contributed by atoms with E-state index in [2.05, 4.69) is 0 Å². The molecule has 0 bridgehead atoms. The Kier molecular flexibility index (Phi) is 11.4. The molecule has 2 aromatic rings. The van der Waals surface area contributed by atoms with Crippen molar-refractivity contribution >= 4 is 11.6 Å². The van der Waals surface area contributed by atoms with Gasteiger partial charge in [-0.15, -0.1) is 0 Å². The van der Waals surface area contributed by atoms with Gasteiger partial charge >= 0.3 is 0 Å². The minimum atomic E-state index is -1.88. The van der Waals surface area contributed by atoms with Crippen LogP contribution in [0.25, 0.3) is 0 Å². The highest BCUT2D eigenvalue weighted by Gasteiger charge is 2.53. The lowest BCUT2D eigenvalue weighted by atomic mass is 9.70. The number of aliphatic hydroxyl groups excluding tert-OH is 3. The maximum Gasteiger partial charge on any atom is 0.202 e. The zero-order valence-electron chi connectivity index (χ0n) is 32.7. The molecule has 8 N–H and O–H groups in total. The highest BCUT2D eigenvalue weighted by atomic mass is 16.7. The van der Waals surface area contributed by atoms with Crippen molar-refractivity contribution in [2.24, 2.45) is 0 Å². The molecule has 17 nitrogen and oxygen atoms in total. The Bertz CT molecular complexity index is 1880. The summed E-state index contributed by atoms with van der Waals surface area (Å²) in [6.07, 6.45) is -9.34. The number of carbonyl (C=O) groups excluding carboxylic acids is 2. The Morgan fingerprint density at radius 1 is 0.702 bits per heavy atom. The smallest absolute Gasteiger partial charge is 0.202 e. The predicted molar refractivity (Wildman–Crippen MR) is 196 cm³/mol. The average Bonchev–Trinajstić information content (AvgIpc) is 3.14. The minimum absolute atomic E-state index is 0.0148. The van der Waals surface area contributed by atoms with Crippen LogP contribution in [0.1, 0.15) is 121 Å². The highest BCUT2D eigenvalue weighted by Crippen LogP contribution is 2.57. The molecule has 0 spiro atoms. The van der Waals surface area contributed by atoms with E-state index in [1.807, 2.05) is 19.0 Å². The lowest BCUT2D eigenvalue weighted by molar-refractivity contribution is -0.331. The number of ketones is 2. The van der Waals surface area contributed by atoms with E-state index < -0.39 is 142 Å². The predicted octanol–water partition coefficient (Wildman–Crippen LogP) is 2.14.